The van der Waals surface area contributed by atoms with Crippen molar-refractivity contribution in [2.75, 3.05) is 0 Å². The number of rotatable bonds is 5. The Bertz CT molecular complexity index is 1140. The summed E-state index contributed by atoms with van der Waals surface area (Å²) >= 11 is 0. The molecule has 1 amide bonds. The van der Waals surface area contributed by atoms with Gasteiger partial charge in [-0.2, -0.15) is 5.26 Å². The van der Waals surface area contributed by atoms with Crippen LogP contribution in [0.15, 0.2) is 53.1 Å². The Morgan fingerprint density at radius 1 is 1.19 bits per heavy atom. The molecule has 1 aromatic carbocycles. The molecule has 7 nitrogen and oxygen atoms in total. The number of nitriles is 1. The van der Waals surface area contributed by atoms with Crippen LogP contribution in [-0.4, -0.2) is 28.5 Å². The van der Waals surface area contributed by atoms with E-state index in [4.69, 9.17) is 9.15 Å². The van der Waals surface area contributed by atoms with Gasteiger partial charge in [0.15, 0.2) is 11.9 Å². The molecule has 31 heavy (non-hydrogen) atoms. The Morgan fingerprint density at radius 2 is 1.97 bits per heavy atom. The number of nitrogens with one attached hydrogen (secondary N) is 1. The van der Waals surface area contributed by atoms with Crippen molar-refractivity contribution in [3.8, 4) is 17.5 Å². The molecule has 2 aromatic heterocycles. The van der Waals surface area contributed by atoms with Gasteiger partial charge in [-0.25, -0.2) is 9.78 Å². The number of fused-ring (bicyclic) bond motifs is 1. The first-order chi connectivity index (χ1) is 15.0. The van der Waals surface area contributed by atoms with Crippen LogP contribution < -0.4 is 5.32 Å². The topological polar surface area (TPSA) is 105 Å². The van der Waals surface area contributed by atoms with Crippen molar-refractivity contribution >= 4 is 22.8 Å². The SMILES string of the molecule is C[C@H](OC(=O)c1cc(-c2ccco2)nc2ccccc12)C(=O)NC1(C#N)CCCCC1. The summed E-state index contributed by atoms with van der Waals surface area (Å²) in [5, 5.41) is 13.0. The first kappa shape index (κ1) is 20.6. The molecule has 0 aliphatic heterocycles. The van der Waals surface area contributed by atoms with Crippen LogP contribution in [0.3, 0.4) is 0 Å². The average molecular weight is 417 g/mol. The van der Waals surface area contributed by atoms with Gasteiger partial charge in [0.1, 0.15) is 11.2 Å². The van der Waals surface area contributed by atoms with Crippen molar-refractivity contribution in [3.05, 3.63) is 54.3 Å². The number of hydrogen-bond donors (Lipinski definition) is 1. The summed E-state index contributed by atoms with van der Waals surface area (Å²) in [6, 6.07) is 14.6. The van der Waals surface area contributed by atoms with Crippen molar-refractivity contribution in [1.82, 2.24) is 10.3 Å². The lowest BCUT2D eigenvalue weighted by Crippen LogP contribution is -2.52. The molecule has 1 aliphatic carbocycles. The zero-order chi connectivity index (χ0) is 21.8. The Kier molecular flexibility index (Phi) is 5.72. The van der Waals surface area contributed by atoms with Crippen LogP contribution in [0.5, 0.6) is 0 Å². The summed E-state index contributed by atoms with van der Waals surface area (Å²) in [7, 11) is 0. The summed E-state index contributed by atoms with van der Waals surface area (Å²) in [4.78, 5) is 30.3. The maximum Gasteiger partial charge on any atom is 0.339 e. The van der Waals surface area contributed by atoms with Crippen LogP contribution in [0.2, 0.25) is 0 Å². The number of esters is 1. The molecule has 0 bridgehead atoms. The number of amides is 1. The Balaban J connectivity index is 1.56. The largest absolute Gasteiger partial charge is 0.463 e. The van der Waals surface area contributed by atoms with Crippen molar-refractivity contribution in [1.29, 1.82) is 5.26 Å². The molecule has 1 saturated carbocycles. The fraction of sp³-hybridized carbons (Fsp3) is 0.333. The van der Waals surface area contributed by atoms with E-state index in [0.29, 0.717) is 40.8 Å². The lowest BCUT2D eigenvalue weighted by atomic mass is 9.83. The Labute approximate surface area is 180 Å². The van der Waals surface area contributed by atoms with E-state index in [1.165, 1.54) is 13.2 Å². The molecular formula is C24H23N3O4. The second-order valence-electron chi connectivity index (χ2n) is 7.84. The van der Waals surface area contributed by atoms with E-state index in [9.17, 15) is 14.9 Å². The summed E-state index contributed by atoms with van der Waals surface area (Å²) in [5.41, 5.74) is 0.528. The van der Waals surface area contributed by atoms with Crippen molar-refractivity contribution in [2.24, 2.45) is 0 Å². The highest BCUT2D eigenvalue weighted by atomic mass is 16.5. The predicted molar refractivity (Wildman–Crippen MR) is 114 cm³/mol. The van der Waals surface area contributed by atoms with E-state index in [1.54, 1.807) is 30.3 Å². The zero-order valence-corrected chi connectivity index (χ0v) is 17.3. The first-order valence-corrected chi connectivity index (χ1v) is 10.4. The Hall–Kier alpha value is -3.66. The molecule has 4 rings (SSSR count). The fourth-order valence-electron chi connectivity index (χ4n) is 3.93. The average Bonchev–Trinajstić information content (AvgIpc) is 3.34. The van der Waals surface area contributed by atoms with Gasteiger partial charge in [0.25, 0.3) is 5.91 Å². The summed E-state index contributed by atoms with van der Waals surface area (Å²) in [6.07, 6.45) is 4.54. The molecule has 1 N–H and O–H groups in total. The third-order valence-corrected chi connectivity index (χ3v) is 5.65. The molecule has 7 heteroatoms. The highest BCUT2D eigenvalue weighted by Crippen LogP contribution is 2.28. The van der Waals surface area contributed by atoms with Crippen molar-refractivity contribution in [3.63, 3.8) is 0 Å². The molecule has 2 heterocycles. The van der Waals surface area contributed by atoms with Crippen molar-refractivity contribution < 1.29 is 18.7 Å². The number of ether oxygens (including phenoxy) is 1. The smallest absolute Gasteiger partial charge is 0.339 e. The van der Waals surface area contributed by atoms with E-state index in [0.717, 1.165) is 19.3 Å². The van der Waals surface area contributed by atoms with Gasteiger partial charge in [-0.3, -0.25) is 4.79 Å². The monoisotopic (exact) mass is 417 g/mol. The second kappa shape index (κ2) is 8.60. The molecule has 158 valence electrons. The molecule has 1 fully saturated rings. The number of carbonyl (C=O) groups is 2. The molecule has 0 saturated heterocycles. The van der Waals surface area contributed by atoms with Crippen LogP contribution in [-0.2, 0) is 9.53 Å². The van der Waals surface area contributed by atoms with E-state index < -0.39 is 23.5 Å². The number of para-hydroxylation sites is 1. The van der Waals surface area contributed by atoms with Crippen LogP contribution in [0, 0.1) is 11.3 Å². The van der Waals surface area contributed by atoms with Crippen LogP contribution in [0.4, 0.5) is 0 Å². The number of hydrogen-bond acceptors (Lipinski definition) is 6. The quantitative estimate of drug-likeness (QED) is 0.618. The minimum atomic E-state index is -1.04. The number of furan rings is 1. The minimum absolute atomic E-state index is 0.296. The van der Waals surface area contributed by atoms with Gasteiger partial charge in [-0.1, -0.05) is 37.5 Å². The second-order valence-corrected chi connectivity index (χ2v) is 7.84. The third kappa shape index (κ3) is 4.29. The van der Waals surface area contributed by atoms with Gasteiger partial charge in [-0.15, -0.1) is 0 Å². The van der Waals surface area contributed by atoms with Gasteiger partial charge < -0.3 is 14.5 Å². The number of benzene rings is 1. The van der Waals surface area contributed by atoms with Crippen molar-refractivity contribution in [2.45, 2.75) is 50.7 Å². The first-order valence-electron chi connectivity index (χ1n) is 10.4. The van der Waals surface area contributed by atoms with Gasteiger partial charge in [-0.05, 0) is 44.0 Å². The van der Waals surface area contributed by atoms with E-state index in [-0.39, 0.29) is 0 Å². The molecule has 0 spiro atoms. The summed E-state index contributed by atoms with van der Waals surface area (Å²) in [5.74, 6) is -0.580. The van der Waals surface area contributed by atoms with Gasteiger partial charge in [0.2, 0.25) is 0 Å². The molecule has 3 aromatic rings. The fourth-order valence-corrected chi connectivity index (χ4v) is 3.93. The van der Waals surface area contributed by atoms with E-state index in [2.05, 4.69) is 16.4 Å². The van der Waals surface area contributed by atoms with Gasteiger partial charge >= 0.3 is 5.97 Å². The number of pyridine rings is 1. The molecular weight excluding hydrogens is 394 g/mol. The molecule has 1 atom stereocenters. The van der Waals surface area contributed by atoms with Crippen LogP contribution in [0.25, 0.3) is 22.4 Å². The molecule has 0 unspecified atom stereocenters. The van der Waals surface area contributed by atoms with Gasteiger partial charge in [0, 0.05) is 5.39 Å². The third-order valence-electron chi connectivity index (χ3n) is 5.65. The highest BCUT2D eigenvalue weighted by Gasteiger charge is 2.35. The highest BCUT2D eigenvalue weighted by molar-refractivity contribution is 6.05. The zero-order valence-electron chi connectivity index (χ0n) is 17.3. The molecule has 1 aliphatic rings. The normalized spacial score (nSPS) is 16.3. The number of nitrogens with zero attached hydrogens (tertiary/aromatic N) is 2. The lowest BCUT2D eigenvalue weighted by molar-refractivity contribution is -0.130. The summed E-state index contributed by atoms with van der Waals surface area (Å²) < 4.78 is 10.9. The standard InChI is InChI=1S/C24H23N3O4/c1-16(22(28)27-24(15-25)11-5-2-6-12-24)31-23(29)18-14-20(21-10-7-13-30-21)26-19-9-4-3-8-17(18)19/h3-4,7-10,13-14,16H,2,5-6,11-12H2,1H3,(H,27,28)/t16-/m0/s1. The van der Waals surface area contributed by atoms with Crippen LogP contribution in [0.1, 0.15) is 49.4 Å². The maximum absolute atomic E-state index is 13.0. The summed E-state index contributed by atoms with van der Waals surface area (Å²) in [6.45, 7) is 1.51. The van der Waals surface area contributed by atoms with E-state index >= 15 is 0 Å². The predicted octanol–water partition coefficient (Wildman–Crippen LogP) is 4.38. The Morgan fingerprint density at radius 3 is 2.68 bits per heavy atom. The van der Waals surface area contributed by atoms with E-state index in [1.807, 2.05) is 12.1 Å². The van der Waals surface area contributed by atoms with Gasteiger partial charge in [0.05, 0.1) is 23.4 Å². The number of carbonyl (C=O) groups excluding carboxylic acids is 2. The maximum atomic E-state index is 13.0. The minimum Gasteiger partial charge on any atom is -0.463 e. The lowest BCUT2D eigenvalue weighted by Gasteiger charge is -2.32. The molecule has 0 radical (unpaired) electrons. The number of aromatic nitrogens is 1. The van der Waals surface area contributed by atoms with Crippen LogP contribution >= 0.6 is 0 Å².